The van der Waals surface area contributed by atoms with Gasteiger partial charge in [0, 0.05) is 43.1 Å². The normalized spacial score (nSPS) is 14.1. The summed E-state index contributed by atoms with van der Waals surface area (Å²) in [6, 6.07) is 17.9. The highest BCUT2D eigenvalue weighted by atomic mass is 16.1. The highest BCUT2D eigenvalue weighted by Crippen LogP contribution is 2.27. The lowest BCUT2D eigenvalue weighted by Crippen LogP contribution is -2.36. The molecule has 34 heavy (non-hydrogen) atoms. The molecule has 2 aromatic heterocycles. The van der Waals surface area contributed by atoms with Crippen LogP contribution in [0.1, 0.15) is 29.2 Å². The quantitative estimate of drug-likeness (QED) is 0.458. The molecule has 172 valence electrons. The van der Waals surface area contributed by atoms with Crippen molar-refractivity contribution in [2.45, 2.75) is 18.9 Å². The zero-order valence-electron chi connectivity index (χ0n) is 18.9. The van der Waals surface area contributed by atoms with Crippen molar-refractivity contribution in [2.75, 3.05) is 30.4 Å². The van der Waals surface area contributed by atoms with Crippen molar-refractivity contribution in [1.82, 2.24) is 30.0 Å². The Morgan fingerprint density at radius 2 is 1.82 bits per heavy atom. The Balaban J connectivity index is 1.23. The van der Waals surface area contributed by atoms with Crippen LogP contribution in [0.3, 0.4) is 0 Å². The molecular weight excluding hydrogens is 428 g/mol. The molecule has 3 heterocycles. The maximum absolute atomic E-state index is 11.9. The Morgan fingerprint density at radius 1 is 1.00 bits per heavy atom. The summed E-state index contributed by atoms with van der Waals surface area (Å²) in [4.78, 5) is 27.3. The van der Waals surface area contributed by atoms with Crippen LogP contribution in [0.2, 0.25) is 0 Å². The van der Waals surface area contributed by atoms with Crippen LogP contribution < -0.4 is 15.5 Å². The molecule has 0 spiro atoms. The lowest BCUT2D eigenvalue weighted by molar-refractivity contribution is 0.0963. The average Bonchev–Trinajstić information content (AvgIpc) is 3.40. The van der Waals surface area contributed by atoms with Gasteiger partial charge >= 0.3 is 0 Å². The van der Waals surface area contributed by atoms with Crippen molar-refractivity contribution >= 4 is 23.5 Å². The number of piperidine rings is 1. The van der Waals surface area contributed by atoms with E-state index in [9.17, 15) is 4.79 Å². The number of amides is 1. The molecule has 1 amide bonds. The SMILES string of the molecule is CNC(=O)c1cccc(Nc2ncnc(N3CCC(n4cc(-c5ccccc5)cn4)CC3)n2)c1. The van der Waals surface area contributed by atoms with E-state index in [4.69, 9.17) is 0 Å². The number of hydrogen-bond acceptors (Lipinski definition) is 7. The monoisotopic (exact) mass is 454 g/mol. The number of nitrogens with one attached hydrogen (secondary N) is 2. The number of nitrogens with zero attached hydrogens (tertiary/aromatic N) is 6. The molecule has 2 aromatic carbocycles. The number of carbonyl (C=O) groups excluding carboxylic acids is 1. The van der Waals surface area contributed by atoms with Gasteiger partial charge in [-0.25, -0.2) is 9.97 Å². The van der Waals surface area contributed by atoms with Gasteiger partial charge in [0.25, 0.3) is 5.91 Å². The summed E-state index contributed by atoms with van der Waals surface area (Å²) >= 11 is 0. The standard InChI is InChI=1S/C25H26N8O/c1-26-23(34)19-8-5-9-21(14-19)30-24-27-17-28-25(31-24)32-12-10-22(11-13-32)33-16-20(15-29-33)18-6-3-2-4-7-18/h2-9,14-17,22H,10-13H2,1H3,(H,26,34)(H,27,28,30,31). The Labute approximate surface area is 197 Å². The van der Waals surface area contributed by atoms with Gasteiger partial charge in [-0.05, 0) is 36.6 Å². The number of carbonyl (C=O) groups is 1. The zero-order chi connectivity index (χ0) is 23.3. The smallest absolute Gasteiger partial charge is 0.251 e. The molecular formula is C25H26N8O. The fourth-order valence-electron chi connectivity index (χ4n) is 4.16. The molecule has 9 heteroatoms. The first-order chi connectivity index (χ1) is 16.7. The number of rotatable bonds is 6. The summed E-state index contributed by atoms with van der Waals surface area (Å²) < 4.78 is 2.08. The molecule has 4 aromatic rings. The minimum Gasteiger partial charge on any atom is -0.355 e. The molecule has 2 N–H and O–H groups in total. The van der Waals surface area contributed by atoms with Gasteiger partial charge in [-0.1, -0.05) is 36.4 Å². The minimum absolute atomic E-state index is 0.143. The summed E-state index contributed by atoms with van der Waals surface area (Å²) in [5.74, 6) is 0.945. The van der Waals surface area contributed by atoms with E-state index in [1.807, 2.05) is 36.5 Å². The molecule has 1 aliphatic rings. The number of aromatic nitrogens is 5. The lowest BCUT2D eigenvalue weighted by atomic mass is 10.1. The first-order valence-electron chi connectivity index (χ1n) is 11.3. The van der Waals surface area contributed by atoms with Crippen molar-refractivity contribution in [3.8, 4) is 11.1 Å². The number of hydrogen-bond donors (Lipinski definition) is 2. The van der Waals surface area contributed by atoms with Gasteiger partial charge in [-0.15, -0.1) is 0 Å². The second-order valence-corrected chi connectivity index (χ2v) is 8.19. The molecule has 0 aliphatic carbocycles. The van der Waals surface area contributed by atoms with Crippen molar-refractivity contribution in [1.29, 1.82) is 0 Å². The van der Waals surface area contributed by atoms with Crippen LogP contribution in [-0.4, -0.2) is 50.8 Å². The molecule has 0 saturated carbocycles. The summed E-state index contributed by atoms with van der Waals surface area (Å²) in [7, 11) is 1.61. The van der Waals surface area contributed by atoms with Gasteiger partial charge < -0.3 is 15.5 Å². The maximum atomic E-state index is 11.9. The van der Waals surface area contributed by atoms with Crippen molar-refractivity contribution in [3.63, 3.8) is 0 Å². The fourth-order valence-corrected chi connectivity index (χ4v) is 4.16. The molecule has 0 bridgehead atoms. The topological polar surface area (TPSA) is 101 Å². The van der Waals surface area contributed by atoms with Crippen LogP contribution >= 0.6 is 0 Å². The van der Waals surface area contributed by atoms with Crippen LogP contribution in [0.5, 0.6) is 0 Å². The first-order valence-corrected chi connectivity index (χ1v) is 11.3. The van der Waals surface area contributed by atoms with Gasteiger partial charge in [0.2, 0.25) is 11.9 Å². The second kappa shape index (κ2) is 9.70. The van der Waals surface area contributed by atoms with Crippen molar-refractivity contribution in [2.24, 2.45) is 0 Å². The van der Waals surface area contributed by atoms with Crippen LogP contribution in [0.25, 0.3) is 11.1 Å². The van der Waals surface area contributed by atoms with Crippen LogP contribution in [0.4, 0.5) is 17.6 Å². The van der Waals surface area contributed by atoms with Crippen molar-refractivity contribution < 1.29 is 4.79 Å². The molecule has 0 radical (unpaired) electrons. The van der Waals surface area contributed by atoms with E-state index >= 15 is 0 Å². The number of benzene rings is 2. The van der Waals surface area contributed by atoms with Crippen LogP contribution in [0.15, 0.2) is 73.3 Å². The minimum atomic E-state index is -0.143. The summed E-state index contributed by atoms with van der Waals surface area (Å²) in [6.07, 6.45) is 7.49. The highest BCUT2D eigenvalue weighted by molar-refractivity contribution is 5.95. The molecule has 5 rings (SSSR count). The Kier molecular flexibility index (Phi) is 6.15. The van der Waals surface area contributed by atoms with E-state index in [1.54, 1.807) is 19.2 Å². The molecule has 1 saturated heterocycles. The molecule has 0 unspecified atom stereocenters. The van der Waals surface area contributed by atoms with Gasteiger partial charge in [0.1, 0.15) is 6.33 Å². The zero-order valence-corrected chi connectivity index (χ0v) is 18.9. The summed E-state index contributed by atoms with van der Waals surface area (Å²) in [6.45, 7) is 1.67. The highest BCUT2D eigenvalue weighted by Gasteiger charge is 2.23. The van der Waals surface area contributed by atoms with E-state index < -0.39 is 0 Å². The lowest BCUT2D eigenvalue weighted by Gasteiger charge is -2.32. The molecule has 1 aliphatic heterocycles. The molecule has 1 fully saturated rings. The largest absolute Gasteiger partial charge is 0.355 e. The van der Waals surface area contributed by atoms with E-state index in [0.717, 1.165) is 37.2 Å². The van der Waals surface area contributed by atoms with E-state index in [2.05, 4.69) is 58.6 Å². The van der Waals surface area contributed by atoms with Crippen molar-refractivity contribution in [3.05, 3.63) is 78.9 Å². The van der Waals surface area contributed by atoms with Crippen LogP contribution in [-0.2, 0) is 0 Å². The third-order valence-corrected chi connectivity index (χ3v) is 6.00. The summed E-state index contributed by atoms with van der Waals surface area (Å²) in [5, 5.41) is 10.4. The van der Waals surface area contributed by atoms with Gasteiger partial charge in [-0.2, -0.15) is 10.1 Å². The predicted octanol–water partition coefficient (Wildman–Crippen LogP) is 3.68. The van der Waals surface area contributed by atoms with E-state index in [1.165, 1.54) is 11.9 Å². The Hall–Kier alpha value is -4.27. The second-order valence-electron chi connectivity index (χ2n) is 8.19. The van der Waals surface area contributed by atoms with Gasteiger partial charge in [0.05, 0.1) is 12.2 Å². The molecule has 0 atom stereocenters. The third-order valence-electron chi connectivity index (χ3n) is 6.00. The van der Waals surface area contributed by atoms with Gasteiger partial charge in [-0.3, -0.25) is 9.48 Å². The Bertz CT molecular complexity index is 1260. The average molecular weight is 455 g/mol. The number of anilines is 3. The summed E-state index contributed by atoms with van der Waals surface area (Å²) in [5.41, 5.74) is 3.62. The third kappa shape index (κ3) is 4.73. The maximum Gasteiger partial charge on any atom is 0.251 e. The van der Waals surface area contributed by atoms with Gasteiger partial charge in [0.15, 0.2) is 0 Å². The van der Waals surface area contributed by atoms with Crippen LogP contribution in [0, 0.1) is 0 Å². The first kappa shape index (κ1) is 21.6. The predicted molar refractivity (Wildman–Crippen MR) is 131 cm³/mol. The molecule has 9 nitrogen and oxygen atoms in total. The Morgan fingerprint density at radius 3 is 2.62 bits per heavy atom. The van der Waals surface area contributed by atoms with E-state index in [0.29, 0.717) is 23.5 Å². The fraction of sp³-hybridized carbons (Fsp3) is 0.240. The van der Waals surface area contributed by atoms with E-state index in [-0.39, 0.29) is 5.91 Å².